The Hall–Kier alpha value is -1.57. The molecular formula is C12H13NO. The largest absolute Gasteiger partial charge is 0.497 e. The van der Waals surface area contributed by atoms with Gasteiger partial charge in [-0.05, 0) is 37.4 Å². The topological polar surface area (TPSA) is 22.1 Å². The van der Waals surface area contributed by atoms with E-state index in [4.69, 9.17) is 4.74 Å². The quantitative estimate of drug-likeness (QED) is 0.684. The highest BCUT2D eigenvalue weighted by Gasteiger charge is 2.01. The van der Waals surface area contributed by atoms with Crippen molar-refractivity contribution < 1.29 is 4.74 Å². The fraction of sp³-hybridized carbons (Fsp3) is 0.250. The number of rotatable bonds is 1. The summed E-state index contributed by atoms with van der Waals surface area (Å²) in [7, 11) is 1.68. The van der Waals surface area contributed by atoms with Crippen LogP contribution in [0.5, 0.6) is 5.75 Å². The van der Waals surface area contributed by atoms with Gasteiger partial charge in [0.05, 0.1) is 7.11 Å². The lowest BCUT2D eigenvalue weighted by atomic mass is 10.1. The molecule has 0 bridgehead atoms. The van der Waals surface area contributed by atoms with Crippen LogP contribution in [-0.4, -0.2) is 12.1 Å². The van der Waals surface area contributed by atoms with E-state index in [9.17, 15) is 0 Å². The lowest BCUT2D eigenvalue weighted by Gasteiger charge is -2.05. The Balaban J connectivity index is 2.75. The van der Waals surface area contributed by atoms with Gasteiger partial charge >= 0.3 is 0 Å². The van der Waals surface area contributed by atoms with Crippen LogP contribution in [0.15, 0.2) is 24.3 Å². The summed E-state index contributed by atoms with van der Waals surface area (Å²) < 4.78 is 5.18. The van der Waals surface area contributed by atoms with E-state index in [0.717, 1.165) is 22.5 Å². The molecule has 0 saturated heterocycles. The van der Waals surface area contributed by atoms with E-state index in [1.807, 2.05) is 26.0 Å². The van der Waals surface area contributed by atoms with Crippen molar-refractivity contribution in [1.29, 1.82) is 0 Å². The molecule has 14 heavy (non-hydrogen) atoms. The average molecular weight is 187 g/mol. The van der Waals surface area contributed by atoms with Crippen LogP contribution in [0.1, 0.15) is 11.4 Å². The van der Waals surface area contributed by atoms with E-state index in [1.165, 1.54) is 5.39 Å². The molecule has 2 rings (SSSR count). The van der Waals surface area contributed by atoms with Gasteiger partial charge in [0, 0.05) is 16.8 Å². The summed E-state index contributed by atoms with van der Waals surface area (Å²) in [4.78, 5) is 4.42. The van der Waals surface area contributed by atoms with E-state index in [-0.39, 0.29) is 0 Å². The minimum atomic E-state index is 0.881. The number of methoxy groups -OCH3 is 1. The number of benzene rings is 1. The maximum Gasteiger partial charge on any atom is 0.119 e. The summed E-state index contributed by atoms with van der Waals surface area (Å²) in [5.41, 5.74) is 2.11. The van der Waals surface area contributed by atoms with Crippen LogP contribution in [0.2, 0.25) is 0 Å². The number of nitrogens with zero attached hydrogens (tertiary/aromatic N) is 1. The first-order valence-corrected chi connectivity index (χ1v) is 4.62. The van der Waals surface area contributed by atoms with Crippen molar-refractivity contribution >= 4 is 10.8 Å². The van der Waals surface area contributed by atoms with Crippen LogP contribution in [0.4, 0.5) is 0 Å². The van der Waals surface area contributed by atoms with Crippen LogP contribution < -0.4 is 4.74 Å². The number of aromatic nitrogens is 1. The maximum absolute atomic E-state index is 5.18. The fourth-order valence-corrected chi connectivity index (χ4v) is 1.68. The predicted molar refractivity (Wildman–Crippen MR) is 57.8 cm³/mol. The highest BCUT2D eigenvalue weighted by atomic mass is 16.5. The Morgan fingerprint density at radius 1 is 1.14 bits per heavy atom. The van der Waals surface area contributed by atoms with Gasteiger partial charge in [-0.2, -0.15) is 0 Å². The summed E-state index contributed by atoms with van der Waals surface area (Å²) in [6, 6.07) is 8.15. The summed E-state index contributed by atoms with van der Waals surface area (Å²) in [5, 5.41) is 2.38. The third-order valence-electron chi connectivity index (χ3n) is 2.36. The second-order valence-corrected chi connectivity index (χ2v) is 3.44. The Bertz CT molecular complexity index is 477. The number of aryl methyl sites for hydroxylation is 2. The van der Waals surface area contributed by atoms with Crippen molar-refractivity contribution in [3.8, 4) is 5.75 Å². The normalized spacial score (nSPS) is 10.5. The van der Waals surface area contributed by atoms with E-state index in [0.29, 0.717) is 0 Å². The standard InChI is InChI=1S/C12H13NO/c1-8-6-10-4-5-11(14-3)7-12(10)9(2)13-8/h4-7H,1-3H3. The van der Waals surface area contributed by atoms with Crippen molar-refractivity contribution in [3.63, 3.8) is 0 Å². The zero-order chi connectivity index (χ0) is 10.1. The van der Waals surface area contributed by atoms with Gasteiger partial charge in [-0.1, -0.05) is 6.07 Å². The molecule has 0 amide bonds. The lowest BCUT2D eigenvalue weighted by molar-refractivity contribution is 0.415. The molecule has 1 heterocycles. The van der Waals surface area contributed by atoms with Crippen molar-refractivity contribution in [2.75, 3.05) is 7.11 Å². The number of ether oxygens (including phenoxy) is 1. The molecule has 0 atom stereocenters. The second kappa shape index (κ2) is 3.29. The molecule has 1 aromatic heterocycles. The summed E-state index contributed by atoms with van der Waals surface area (Å²) in [5.74, 6) is 0.881. The van der Waals surface area contributed by atoms with Gasteiger partial charge in [-0.25, -0.2) is 0 Å². The molecule has 0 saturated carbocycles. The van der Waals surface area contributed by atoms with Gasteiger partial charge < -0.3 is 4.74 Å². The number of fused-ring (bicyclic) bond motifs is 1. The molecule has 0 aliphatic rings. The van der Waals surface area contributed by atoms with Crippen LogP contribution in [0, 0.1) is 13.8 Å². The zero-order valence-electron chi connectivity index (χ0n) is 8.66. The van der Waals surface area contributed by atoms with Gasteiger partial charge in [0.25, 0.3) is 0 Å². The van der Waals surface area contributed by atoms with Crippen molar-refractivity contribution in [2.45, 2.75) is 13.8 Å². The fourth-order valence-electron chi connectivity index (χ4n) is 1.68. The first kappa shape index (κ1) is 9.00. The molecule has 2 heteroatoms. The SMILES string of the molecule is COc1ccc2cc(C)nc(C)c2c1. The summed E-state index contributed by atoms with van der Waals surface area (Å²) in [6.07, 6.45) is 0. The van der Waals surface area contributed by atoms with Crippen LogP contribution in [0.3, 0.4) is 0 Å². The Labute approximate surface area is 83.5 Å². The number of hydrogen-bond acceptors (Lipinski definition) is 2. The molecule has 1 aromatic carbocycles. The van der Waals surface area contributed by atoms with E-state index in [2.05, 4.69) is 17.1 Å². The molecule has 2 nitrogen and oxygen atoms in total. The van der Waals surface area contributed by atoms with Crippen LogP contribution >= 0.6 is 0 Å². The Kier molecular flexibility index (Phi) is 2.12. The van der Waals surface area contributed by atoms with Gasteiger partial charge in [0.1, 0.15) is 5.75 Å². The average Bonchev–Trinajstić information content (AvgIpc) is 2.17. The second-order valence-electron chi connectivity index (χ2n) is 3.44. The van der Waals surface area contributed by atoms with Gasteiger partial charge in [0.2, 0.25) is 0 Å². The number of hydrogen-bond donors (Lipinski definition) is 0. The molecule has 0 spiro atoms. The van der Waals surface area contributed by atoms with E-state index < -0.39 is 0 Å². The van der Waals surface area contributed by atoms with Crippen LogP contribution in [-0.2, 0) is 0 Å². The smallest absolute Gasteiger partial charge is 0.119 e. The molecule has 2 aromatic rings. The summed E-state index contributed by atoms with van der Waals surface area (Å²) in [6.45, 7) is 4.03. The zero-order valence-corrected chi connectivity index (χ0v) is 8.66. The Morgan fingerprint density at radius 2 is 1.93 bits per heavy atom. The molecule has 0 unspecified atom stereocenters. The molecule has 0 aliphatic heterocycles. The molecule has 0 radical (unpaired) electrons. The lowest BCUT2D eigenvalue weighted by Crippen LogP contribution is -1.89. The third kappa shape index (κ3) is 1.43. The molecule has 72 valence electrons. The molecule has 0 aliphatic carbocycles. The first-order valence-electron chi connectivity index (χ1n) is 4.62. The minimum Gasteiger partial charge on any atom is -0.497 e. The summed E-state index contributed by atoms with van der Waals surface area (Å²) >= 11 is 0. The Morgan fingerprint density at radius 3 is 2.64 bits per heavy atom. The maximum atomic E-state index is 5.18. The minimum absolute atomic E-state index is 0.881. The number of pyridine rings is 1. The van der Waals surface area contributed by atoms with Gasteiger partial charge in [-0.3, -0.25) is 4.98 Å². The van der Waals surface area contributed by atoms with Gasteiger partial charge in [-0.15, -0.1) is 0 Å². The molecular weight excluding hydrogens is 174 g/mol. The monoisotopic (exact) mass is 187 g/mol. The molecule has 0 fully saturated rings. The predicted octanol–water partition coefficient (Wildman–Crippen LogP) is 2.86. The molecule has 0 N–H and O–H groups in total. The van der Waals surface area contributed by atoms with Crippen molar-refractivity contribution in [3.05, 3.63) is 35.7 Å². The van der Waals surface area contributed by atoms with Gasteiger partial charge in [0.15, 0.2) is 0 Å². The van der Waals surface area contributed by atoms with Crippen molar-refractivity contribution in [1.82, 2.24) is 4.98 Å². The highest BCUT2D eigenvalue weighted by Crippen LogP contribution is 2.23. The third-order valence-corrected chi connectivity index (χ3v) is 2.36. The van der Waals surface area contributed by atoms with Crippen molar-refractivity contribution in [2.24, 2.45) is 0 Å². The first-order chi connectivity index (χ1) is 6.70. The highest BCUT2D eigenvalue weighted by molar-refractivity contribution is 5.86. The van der Waals surface area contributed by atoms with Crippen LogP contribution in [0.25, 0.3) is 10.8 Å². The van der Waals surface area contributed by atoms with E-state index in [1.54, 1.807) is 7.11 Å². The van der Waals surface area contributed by atoms with E-state index >= 15 is 0 Å².